The third-order valence-electron chi connectivity index (χ3n) is 8.91. The summed E-state index contributed by atoms with van der Waals surface area (Å²) in [5.74, 6) is -7.09. The maximum atomic E-state index is 14.1. The molecule has 2 saturated heterocycles. The number of halogens is 7. The van der Waals surface area contributed by atoms with Crippen LogP contribution in [0.25, 0.3) is 32.2 Å². The molecule has 10 nitrogen and oxygen atoms in total. The van der Waals surface area contributed by atoms with Crippen LogP contribution >= 0.6 is 11.3 Å². The Kier molecular flexibility index (Phi) is 8.12. The molecule has 0 radical (unpaired) electrons. The lowest BCUT2D eigenvalue weighted by atomic mass is 9.97. The number of ether oxygens (including phenoxy) is 1. The first-order valence-electron chi connectivity index (χ1n) is 15.6. The zero-order valence-corrected chi connectivity index (χ0v) is 27.9. The Morgan fingerprint density at radius 2 is 1.69 bits per heavy atom. The number of carboxylic acids is 1. The Bertz CT molecular complexity index is 2400. The standard InChI is InChI=1S/C34H25F7N6O4S/c1-16-7-20(29-27(43-16)22(11-52-29)31(49)50)19-8-18(45-12-32(35,36)13-45)3-4-25(19)51-6-5-47-17(2)44-24-9-23(34(39,40)41)28(46-14-33(37,38)15-46)21(10-42)26(24)30(47)48/h3-4,7-9,11H,5-6,12-15H2,1-2H3,(H,49,50). The van der Waals surface area contributed by atoms with E-state index in [4.69, 9.17) is 4.74 Å². The second kappa shape index (κ2) is 12.1. The van der Waals surface area contributed by atoms with Crippen LogP contribution < -0.4 is 20.1 Å². The maximum absolute atomic E-state index is 14.1. The number of fused-ring (bicyclic) bond motifs is 2. The Hall–Kier alpha value is -5.44. The van der Waals surface area contributed by atoms with Crippen molar-refractivity contribution in [3.8, 4) is 22.9 Å². The number of carboxylic acid groups (broad SMARTS) is 1. The van der Waals surface area contributed by atoms with E-state index in [0.717, 1.165) is 15.9 Å². The molecule has 18 heteroatoms. The van der Waals surface area contributed by atoms with Crippen LogP contribution in [0.1, 0.15) is 33.0 Å². The molecule has 0 aliphatic carbocycles. The molecule has 270 valence electrons. The largest absolute Gasteiger partial charge is 0.491 e. The van der Waals surface area contributed by atoms with Gasteiger partial charge in [0, 0.05) is 27.9 Å². The number of rotatable bonds is 8. The van der Waals surface area contributed by atoms with Crippen LogP contribution in [0.2, 0.25) is 0 Å². The van der Waals surface area contributed by atoms with Gasteiger partial charge in [0.1, 0.15) is 24.3 Å². The summed E-state index contributed by atoms with van der Waals surface area (Å²) in [5, 5.41) is 20.7. The lowest BCUT2D eigenvalue weighted by molar-refractivity contribution is -0.137. The van der Waals surface area contributed by atoms with Gasteiger partial charge in [-0.1, -0.05) is 0 Å². The van der Waals surface area contributed by atoms with Crippen molar-refractivity contribution >= 4 is 49.8 Å². The number of thiophene rings is 1. The summed E-state index contributed by atoms with van der Waals surface area (Å²) in [7, 11) is 0. The van der Waals surface area contributed by atoms with Crippen LogP contribution in [0, 0.1) is 25.2 Å². The number of nitrogens with zero attached hydrogens (tertiary/aromatic N) is 6. The van der Waals surface area contributed by atoms with Crippen molar-refractivity contribution < 1.29 is 45.4 Å². The predicted octanol–water partition coefficient (Wildman–Crippen LogP) is 6.87. The molecule has 52 heavy (non-hydrogen) atoms. The highest BCUT2D eigenvalue weighted by atomic mass is 32.1. The average molecular weight is 747 g/mol. The Balaban J connectivity index is 1.27. The minimum atomic E-state index is -5.04. The number of aromatic carboxylic acids is 1. The van der Waals surface area contributed by atoms with Gasteiger partial charge in [-0.25, -0.2) is 27.3 Å². The van der Waals surface area contributed by atoms with Crippen LogP contribution in [-0.4, -0.2) is 70.2 Å². The summed E-state index contributed by atoms with van der Waals surface area (Å²) in [5.41, 5.74) is -2.14. The van der Waals surface area contributed by atoms with Crippen molar-refractivity contribution in [3.63, 3.8) is 0 Å². The van der Waals surface area contributed by atoms with Gasteiger partial charge in [0.25, 0.3) is 17.4 Å². The fraction of sp³-hybridized carbons (Fsp3) is 0.324. The summed E-state index contributed by atoms with van der Waals surface area (Å²) < 4.78 is 105. The van der Waals surface area contributed by atoms with E-state index in [0.29, 0.717) is 38.2 Å². The molecule has 2 aromatic carbocycles. The molecular weight excluding hydrogens is 721 g/mol. The first-order chi connectivity index (χ1) is 24.4. The summed E-state index contributed by atoms with van der Waals surface area (Å²) in [4.78, 5) is 36.5. The molecule has 0 atom stereocenters. The van der Waals surface area contributed by atoms with Crippen LogP contribution in [0.15, 0.2) is 40.5 Å². The number of nitriles is 1. The minimum Gasteiger partial charge on any atom is -0.491 e. The highest BCUT2D eigenvalue weighted by Crippen LogP contribution is 2.45. The maximum Gasteiger partial charge on any atom is 0.418 e. The fourth-order valence-electron chi connectivity index (χ4n) is 6.55. The quantitative estimate of drug-likeness (QED) is 0.170. The number of aromatic nitrogens is 3. The van der Waals surface area contributed by atoms with Gasteiger partial charge in [0.2, 0.25) is 0 Å². The van der Waals surface area contributed by atoms with E-state index in [1.54, 1.807) is 37.3 Å². The first kappa shape index (κ1) is 35.0. The smallest absolute Gasteiger partial charge is 0.418 e. The van der Waals surface area contributed by atoms with Crippen LogP contribution in [0.5, 0.6) is 5.75 Å². The molecule has 2 fully saturated rings. The van der Waals surface area contributed by atoms with E-state index in [9.17, 15) is 50.7 Å². The average Bonchev–Trinajstić information content (AvgIpc) is 3.46. The highest BCUT2D eigenvalue weighted by molar-refractivity contribution is 7.18. The predicted molar refractivity (Wildman–Crippen MR) is 177 cm³/mol. The minimum absolute atomic E-state index is 0.0121. The molecule has 2 aliphatic rings. The molecule has 5 heterocycles. The van der Waals surface area contributed by atoms with Gasteiger partial charge >= 0.3 is 12.1 Å². The third-order valence-corrected chi connectivity index (χ3v) is 9.91. The highest BCUT2D eigenvalue weighted by Gasteiger charge is 2.48. The van der Waals surface area contributed by atoms with Gasteiger partial charge < -0.3 is 19.6 Å². The number of pyridine rings is 1. The second-order valence-corrected chi connectivity index (χ2v) is 13.5. The molecule has 2 aliphatic heterocycles. The molecule has 1 N–H and O–H groups in total. The van der Waals surface area contributed by atoms with Crippen molar-refractivity contribution in [3.05, 3.63) is 74.3 Å². The van der Waals surface area contributed by atoms with Crippen molar-refractivity contribution in [2.24, 2.45) is 0 Å². The number of hydrogen-bond donors (Lipinski definition) is 1. The van der Waals surface area contributed by atoms with Gasteiger partial charge in [-0.2, -0.15) is 18.4 Å². The summed E-state index contributed by atoms with van der Waals surface area (Å²) in [6, 6.07) is 8.65. The fourth-order valence-corrected chi connectivity index (χ4v) is 7.56. The summed E-state index contributed by atoms with van der Waals surface area (Å²) in [6.45, 7) is -0.545. The van der Waals surface area contributed by atoms with Gasteiger partial charge in [0.15, 0.2) is 0 Å². The lowest BCUT2D eigenvalue weighted by Crippen LogP contribution is -2.57. The Morgan fingerprint density at radius 1 is 1.02 bits per heavy atom. The zero-order chi connectivity index (χ0) is 37.5. The summed E-state index contributed by atoms with van der Waals surface area (Å²) in [6.07, 6.45) is -5.04. The van der Waals surface area contributed by atoms with E-state index in [1.165, 1.54) is 17.2 Å². The number of anilines is 2. The van der Waals surface area contributed by atoms with Gasteiger partial charge in [-0.3, -0.25) is 14.3 Å². The molecule has 0 amide bonds. The third kappa shape index (κ3) is 6.02. The monoisotopic (exact) mass is 746 g/mol. The number of hydrogen-bond acceptors (Lipinski definition) is 9. The molecular formula is C34H25F7N6O4S. The number of aryl methyl sites for hydroxylation is 2. The Morgan fingerprint density at radius 3 is 2.31 bits per heavy atom. The molecule has 5 aromatic rings. The Labute approximate surface area is 292 Å². The van der Waals surface area contributed by atoms with Gasteiger partial charge in [-0.15, -0.1) is 11.3 Å². The van der Waals surface area contributed by atoms with E-state index >= 15 is 0 Å². The van der Waals surface area contributed by atoms with E-state index in [1.807, 2.05) is 0 Å². The van der Waals surface area contributed by atoms with Crippen LogP contribution in [-0.2, 0) is 12.7 Å². The molecule has 3 aromatic heterocycles. The summed E-state index contributed by atoms with van der Waals surface area (Å²) >= 11 is 1.13. The first-order valence-corrected chi connectivity index (χ1v) is 16.5. The van der Waals surface area contributed by atoms with Gasteiger partial charge in [0.05, 0.1) is 76.2 Å². The molecule has 0 unspecified atom stereocenters. The molecule has 0 spiro atoms. The molecule has 0 bridgehead atoms. The van der Waals surface area contributed by atoms with Gasteiger partial charge in [-0.05, 0) is 44.2 Å². The number of benzene rings is 2. The van der Waals surface area contributed by atoms with Crippen LogP contribution in [0.4, 0.5) is 42.1 Å². The van der Waals surface area contributed by atoms with Crippen molar-refractivity contribution in [1.29, 1.82) is 5.26 Å². The zero-order valence-electron chi connectivity index (χ0n) is 27.1. The topological polar surface area (TPSA) is 125 Å². The normalized spacial score (nSPS) is 16.5. The van der Waals surface area contributed by atoms with E-state index in [-0.39, 0.29) is 35.8 Å². The number of alkyl halides is 7. The van der Waals surface area contributed by atoms with E-state index < -0.39 is 83.4 Å². The SMILES string of the molecule is Cc1cc(-c2cc(N3CC(F)(F)C3)ccc2OCCn2c(C)nc3cc(C(F)(F)F)c(N4CC(F)(F)C4)c(C#N)c3c2=O)c2scc(C(=O)O)c2n1. The van der Waals surface area contributed by atoms with Crippen molar-refractivity contribution in [1.82, 2.24) is 14.5 Å². The van der Waals surface area contributed by atoms with Crippen LogP contribution in [0.3, 0.4) is 0 Å². The number of carbonyl (C=O) groups is 1. The van der Waals surface area contributed by atoms with Crippen molar-refractivity contribution in [2.45, 2.75) is 38.4 Å². The molecule has 0 saturated carbocycles. The van der Waals surface area contributed by atoms with Crippen molar-refractivity contribution in [2.75, 3.05) is 42.6 Å². The molecule has 7 rings (SSSR count). The lowest BCUT2D eigenvalue weighted by Gasteiger charge is -2.42. The second-order valence-electron chi connectivity index (χ2n) is 12.7. The van der Waals surface area contributed by atoms with E-state index in [2.05, 4.69) is 9.97 Å².